The third-order valence-electron chi connectivity index (χ3n) is 2.95. The van der Waals surface area contributed by atoms with E-state index in [1.807, 2.05) is 24.3 Å². The Morgan fingerprint density at radius 2 is 2.26 bits per heavy atom. The van der Waals surface area contributed by atoms with Gasteiger partial charge >= 0.3 is 0 Å². The minimum Gasteiger partial charge on any atom is -0.330 e. The van der Waals surface area contributed by atoms with Gasteiger partial charge in [0.15, 0.2) is 0 Å². The van der Waals surface area contributed by atoms with Crippen LogP contribution in [0, 0.1) is 0 Å². The number of hydrogen-bond donors (Lipinski definition) is 3. The fourth-order valence-corrected chi connectivity index (χ4v) is 2.82. The van der Waals surface area contributed by atoms with Crippen molar-refractivity contribution in [2.45, 2.75) is 11.3 Å². The van der Waals surface area contributed by atoms with Crippen LogP contribution in [0.4, 0.5) is 5.69 Å². The largest absolute Gasteiger partial charge is 0.330 e. The number of aromatic amines is 1. The lowest BCUT2D eigenvalue weighted by Crippen LogP contribution is -2.18. The number of hydrogen-bond acceptors (Lipinski definition) is 4. The second-order valence-corrected chi connectivity index (χ2v) is 5.38. The van der Waals surface area contributed by atoms with E-state index in [-0.39, 0.29) is 5.91 Å². The average Bonchev–Trinajstić information content (AvgIpc) is 2.87. The van der Waals surface area contributed by atoms with Crippen molar-refractivity contribution in [3.05, 3.63) is 30.0 Å². The van der Waals surface area contributed by atoms with Gasteiger partial charge in [0.1, 0.15) is 0 Å². The van der Waals surface area contributed by atoms with Crippen LogP contribution >= 0.6 is 11.8 Å². The summed E-state index contributed by atoms with van der Waals surface area (Å²) in [6, 6.07) is 7.99. The molecule has 1 amide bonds. The molecule has 0 saturated heterocycles. The highest BCUT2D eigenvalue weighted by Crippen LogP contribution is 2.34. The lowest BCUT2D eigenvalue weighted by Gasteiger charge is -2.16. The van der Waals surface area contributed by atoms with Crippen molar-refractivity contribution in [2.24, 2.45) is 5.73 Å². The third-order valence-corrected chi connectivity index (χ3v) is 4.03. The molecule has 19 heavy (non-hydrogen) atoms. The zero-order chi connectivity index (χ0) is 13.2. The molecule has 2 aromatic rings. The van der Waals surface area contributed by atoms with Gasteiger partial charge < -0.3 is 11.1 Å². The Labute approximate surface area is 115 Å². The van der Waals surface area contributed by atoms with Crippen LogP contribution in [-0.4, -0.2) is 28.4 Å². The maximum absolute atomic E-state index is 11.4. The first-order valence-electron chi connectivity index (χ1n) is 6.07. The highest BCUT2D eigenvalue weighted by molar-refractivity contribution is 8.00. The lowest BCUT2D eigenvalue weighted by molar-refractivity contribution is -0.113. The van der Waals surface area contributed by atoms with Gasteiger partial charge in [-0.25, -0.2) is 0 Å². The number of nitrogens with two attached hydrogens (primary N) is 1. The minimum absolute atomic E-state index is 0.0421. The van der Waals surface area contributed by atoms with Crippen molar-refractivity contribution < 1.29 is 4.79 Å². The first kappa shape index (κ1) is 12.3. The Balaban J connectivity index is 1.92. The van der Waals surface area contributed by atoms with Gasteiger partial charge in [0.05, 0.1) is 17.1 Å². The van der Waals surface area contributed by atoms with E-state index in [0.29, 0.717) is 12.3 Å². The van der Waals surface area contributed by atoms with Crippen LogP contribution < -0.4 is 11.1 Å². The summed E-state index contributed by atoms with van der Waals surface area (Å²) in [6.07, 6.45) is 0.782. The van der Waals surface area contributed by atoms with E-state index in [1.165, 1.54) is 0 Å². The van der Waals surface area contributed by atoms with E-state index < -0.39 is 0 Å². The molecule has 5 nitrogen and oxygen atoms in total. The number of aromatic nitrogens is 2. The maximum atomic E-state index is 11.4. The Morgan fingerprint density at radius 3 is 3.11 bits per heavy atom. The zero-order valence-corrected chi connectivity index (χ0v) is 11.1. The zero-order valence-electron chi connectivity index (χ0n) is 10.3. The number of nitrogens with one attached hydrogen (secondary N) is 2. The fraction of sp³-hybridized carbons (Fsp3) is 0.231. The van der Waals surface area contributed by atoms with Crippen molar-refractivity contribution in [3.63, 3.8) is 0 Å². The van der Waals surface area contributed by atoms with Gasteiger partial charge in [-0.15, -0.1) is 11.8 Å². The van der Waals surface area contributed by atoms with E-state index in [4.69, 9.17) is 5.73 Å². The number of nitrogens with zero attached hydrogens (tertiary/aromatic N) is 1. The van der Waals surface area contributed by atoms with Gasteiger partial charge in [-0.1, -0.05) is 6.07 Å². The number of carbonyl (C=O) groups is 1. The lowest BCUT2D eigenvalue weighted by atomic mass is 10.1. The smallest absolute Gasteiger partial charge is 0.234 e. The van der Waals surface area contributed by atoms with E-state index >= 15 is 0 Å². The second kappa shape index (κ2) is 5.07. The van der Waals surface area contributed by atoms with Crippen LogP contribution in [-0.2, 0) is 11.2 Å². The number of benzene rings is 1. The number of anilines is 1. The van der Waals surface area contributed by atoms with Gasteiger partial charge in [0.25, 0.3) is 0 Å². The van der Waals surface area contributed by atoms with Gasteiger partial charge in [-0.3, -0.25) is 9.89 Å². The molecular formula is C13H14N4OS. The molecule has 0 spiro atoms. The minimum atomic E-state index is 0.0421. The molecule has 0 bridgehead atoms. The van der Waals surface area contributed by atoms with Gasteiger partial charge in [0.2, 0.25) is 5.91 Å². The van der Waals surface area contributed by atoms with Crippen LogP contribution in [0.5, 0.6) is 0 Å². The Kier molecular flexibility index (Phi) is 3.27. The standard InChI is InChI=1S/C13H14N4OS/c14-4-3-9-6-10(17-16-9)8-1-2-12-11(5-8)15-13(18)7-19-12/h1-2,5-6H,3-4,7,14H2,(H,15,18)(H,16,17). The maximum Gasteiger partial charge on any atom is 0.234 e. The molecule has 0 aliphatic carbocycles. The molecule has 4 N–H and O–H groups in total. The van der Waals surface area contributed by atoms with Crippen molar-refractivity contribution in [1.82, 2.24) is 10.2 Å². The first-order chi connectivity index (χ1) is 9.26. The molecule has 98 valence electrons. The summed E-state index contributed by atoms with van der Waals surface area (Å²) in [5.74, 6) is 0.524. The Bertz CT molecular complexity index is 623. The number of amides is 1. The summed E-state index contributed by atoms with van der Waals surface area (Å²) < 4.78 is 0. The van der Waals surface area contributed by atoms with Crippen LogP contribution in [0.1, 0.15) is 5.69 Å². The molecule has 6 heteroatoms. The summed E-state index contributed by atoms with van der Waals surface area (Å²) in [5, 5.41) is 10.1. The molecule has 0 atom stereocenters. The summed E-state index contributed by atoms with van der Waals surface area (Å²) in [6.45, 7) is 0.596. The molecule has 1 aromatic heterocycles. The molecule has 0 unspecified atom stereocenters. The number of rotatable bonds is 3. The van der Waals surface area contributed by atoms with Crippen LogP contribution in [0.25, 0.3) is 11.3 Å². The van der Waals surface area contributed by atoms with Crippen molar-refractivity contribution in [3.8, 4) is 11.3 Å². The predicted octanol–water partition coefficient (Wildman–Crippen LogP) is 1.62. The average molecular weight is 274 g/mol. The number of thioether (sulfide) groups is 1. The van der Waals surface area contributed by atoms with Crippen molar-refractivity contribution in [2.75, 3.05) is 17.6 Å². The van der Waals surface area contributed by atoms with Crippen LogP contribution in [0.3, 0.4) is 0 Å². The molecule has 1 aliphatic heterocycles. The van der Waals surface area contributed by atoms with Gasteiger partial charge in [-0.2, -0.15) is 5.10 Å². The topological polar surface area (TPSA) is 83.8 Å². The molecular weight excluding hydrogens is 260 g/mol. The first-order valence-corrected chi connectivity index (χ1v) is 7.06. The molecule has 0 radical (unpaired) electrons. The van der Waals surface area contributed by atoms with Gasteiger partial charge in [0, 0.05) is 22.6 Å². The molecule has 0 saturated carbocycles. The summed E-state index contributed by atoms with van der Waals surface area (Å²) >= 11 is 1.56. The van der Waals surface area contributed by atoms with Gasteiger partial charge in [-0.05, 0) is 24.7 Å². The second-order valence-electron chi connectivity index (χ2n) is 4.36. The predicted molar refractivity (Wildman–Crippen MR) is 76.1 cm³/mol. The summed E-state index contributed by atoms with van der Waals surface area (Å²) in [7, 11) is 0. The van der Waals surface area contributed by atoms with E-state index in [2.05, 4.69) is 15.5 Å². The monoisotopic (exact) mass is 274 g/mol. The number of carbonyl (C=O) groups excluding carboxylic acids is 1. The number of H-pyrrole nitrogens is 1. The van der Waals surface area contributed by atoms with E-state index in [1.54, 1.807) is 11.8 Å². The molecule has 3 rings (SSSR count). The Hall–Kier alpha value is -1.79. The van der Waals surface area contributed by atoms with E-state index in [0.717, 1.165) is 34.0 Å². The highest BCUT2D eigenvalue weighted by atomic mass is 32.2. The SMILES string of the molecule is NCCc1cc(-c2ccc3c(c2)NC(=O)CS3)n[nH]1. The van der Waals surface area contributed by atoms with Crippen molar-refractivity contribution >= 4 is 23.4 Å². The summed E-state index contributed by atoms with van der Waals surface area (Å²) in [4.78, 5) is 12.5. The summed E-state index contributed by atoms with van der Waals surface area (Å²) in [5.41, 5.74) is 9.26. The Morgan fingerprint density at radius 1 is 1.37 bits per heavy atom. The van der Waals surface area contributed by atoms with Crippen molar-refractivity contribution in [1.29, 1.82) is 0 Å². The van der Waals surface area contributed by atoms with Crippen LogP contribution in [0.15, 0.2) is 29.2 Å². The molecule has 1 aromatic carbocycles. The molecule has 0 fully saturated rings. The normalized spacial score (nSPS) is 14.1. The van der Waals surface area contributed by atoms with E-state index in [9.17, 15) is 4.79 Å². The number of fused-ring (bicyclic) bond motifs is 1. The fourth-order valence-electron chi connectivity index (χ4n) is 2.04. The van der Waals surface area contributed by atoms with Crippen LogP contribution in [0.2, 0.25) is 0 Å². The quantitative estimate of drug-likeness (QED) is 0.794. The third kappa shape index (κ3) is 2.50. The highest BCUT2D eigenvalue weighted by Gasteiger charge is 2.16. The molecule has 2 heterocycles. The molecule has 1 aliphatic rings.